The van der Waals surface area contributed by atoms with E-state index in [2.05, 4.69) is 5.32 Å². The zero-order valence-corrected chi connectivity index (χ0v) is 8.83. The van der Waals surface area contributed by atoms with Crippen molar-refractivity contribution in [3.05, 3.63) is 0 Å². The zero-order valence-electron chi connectivity index (χ0n) is 8.83. The summed E-state index contributed by atoms with van der Waals surface area (Å²) in [5, 5.41) is 2.95. The van der Waals surface area contributed by atoms with Crippen LogP contribution in [0.3, 0.4) is 0 Å². The summed E-state index contributed by atoms with van der Waals surface area (Å²) in [4.78, 5) is 0. The lowest BCUT2D eigenvalue weighted by molar-refractivity contribution is -0.242. The molecule has 0 aromatic heterocycles. The van der Waals surface area contributed by atoms with E-state index in [0.29, 0.717) is 12.8 Å². The largest absolute Gasteiger partial charge is 0.422 e. The Hall–Kier alpha value is -0.320. The van der Waals surface area contributed by atoms with Gasteiger partial charge in [0, 0.05) is 0 Å². The first-order valence-electron chi connectivity index (χ1n) is 5.29. The van der Waals surface area contributed by atoms with Crippen molar-refractivity contribution in [2.45, 2.75) is 43.9 Å². The van der Waals surface area contributed by atoms with Gasteiger partial charge in [-0.25, -0.2) is 4.39 Å². The third-order valence-corrected chi connectivity index (χ3v) is 3.21. The molecule has 1 rings (SSSR count). The highest BCUT2D eigenvalue weighted by molar-refractivity contribution is 4.92. The third-order valence-electron chi connectivity index (χ3n) is 3.21. The lowest BCUT2D eigenvalue weighted by atomic mass is 9.78. The maximum atomic E-state index is 13.4. The van der Waals surface area contributed by atoms with Gasteiger partial charge in [-0.2, -0.15) is 13.2 Å². The topological polar surface area (TPSA) is 12.0 Å². The van der Waals surface area contributed by atoms with E-state index in [1.807, 2.05) is 0 Å². The number of hydrogen-bond acceptors (Lipinski definition) is 1. The quantitative estimate of drug-likeness (QED) is 0.731. The molecule has 1 nitrogen and oxygen atoms in total. The van der Waals surface area contributed by atoms with Crippen molar-refractivity contribution in [2.24, 2.45) is 5.92 Å². The van der Waals surface area contributed by atoms with Crippen molar-refractivity contribution in [3.8, 4) is 0 Å². The summed E-state index contributed by atoms with van der Waals surface area (Å²) in [6.07, 6.45) is -3.91. The minimum Gasteiger partial charge on any atom is -0.320 e. The molecule has 0 aromatic carbocycles. The Balaban J connectivity index is 2.41. The fraction of sp³-hybridized carbons (Fsp3) is 1.00. The number of rotatable bonds is 3. The Morgan fingerprint density at radius 3 is 2.20 bits per heavy atom. The maximum absolute atomic E-state index is 13.4. The summed E-state index contributed by atoms with van der Waals surface area (Å²) in [5.41, 5.74) is -2.93. The normalized spacial score (nSPS) is 33.0. The molecule has 0 unspecified atom stereocenters. The van der Waals surface area contributed by atoms with Crippen LogP contribution in [0.5, 0.6) is 0 Å². The van der Waals surface area contributed by atoms with E-state index in [-0.39, 0.29) is 18.8 Å². The van der Waals surface area contributed by atoms with Gasteiger partial charge in [-0.05, 0) is 51.6 Å². The van der Waals surface area contributed by atoms with E-state index in [1.165, 1.54) is 0 Å². The van der Waals surface area contributed by atoms with E-state index in [1.54, 1.807) is 7.05 Å². The van der Waals surface area contributed by atoms with Gasteiger partial charge in [-0.1, -0.05) is 0 Å². The number of hydrogen-bond donors (Lipinski definition) is 1. The van der Waals surface area contributed by atoms with Gasteiger partial charge in [0.25, 0.3) is 0 Å². The monoisotopic (exact) mass is 227 g/mol. The van der Waals surface area contributed by atoms with Gasteiger partial charge in [-0.3, -0.25) is 0 Å². The number of halogens is 4. The summed E-state index contributed by atoms with van der Waals surface area (Å²) in [7, 11) is 1.80. The average molecular weight is 227 g/mol. The number of nitrogens with one attached hydrogen (secondary N) is 1. The van der Waals surface area contributed by atoms with Gasteiger partial charge >= 0.3 is 6.18 Å². The first-order chi connectivity index (χ1) is 6.89. The Labute approximate surface area is 87.2 Å². The molecule has 0 saturated heterocycles. The van der Waals surface area contributed by atoms with E-state index in [0.717, 1.165) is 13.0 Å². The SMILES string of the molecule is CNCCC1CCC(F)(C(F)(F)F)CC1. The molecular formula is C10H17F4N. The molecule has 0 bridgehead atoms. The van der Waals surface area contributed by atoms with E-state index < -0.39 is 11.8 Å². The third kappa shape index (κ3) is 3.06. The van der Waals surface area contributed by atoms with Crippen molar-refractivity contribution in [1.82, 2.24) is 5.32 Å². The molecule has 0 aliphatic heterocycles. The van der Waals surface area contributed by atoms with Crippen LogP contribution >= 0.6 is 0 Å². The molecule has 0 spiro atoms. The highest BCUT2D eigenvalue weighted by Gasteiger charge is 2.56. The first-order valence-corrected chi connectivity index (χ1v) is 5.29. The van der Waals surface area contributed by atoms with Crippen LogP contribution in [-0.4, -0.2) is 25.4 Å². The smallest absolute Gasteiger partial charge is 0.320 e. The van der Waals surface area contributed by atoms with Crippen LogP contribution in [-0.2, 0) is 0 Å². The van der Waals surface area contributed by atoms with Crippen LogP contribution in [0.15, 0.2) is 0 Å². The van der Waals surface area contributed by atoms with E-state index >= 15 is 0 Å². The lowest BCUT2D eigenvalue weighted by Gasteiger charge is -2.35. The van der Waals surface area contributed by atoms with Gasteiger partial charge in [0.05, 0.1) is 0 Å². The van der Waals surface area contributed by atoms with Crippen LogP contribution < -0.4 is 5.32 Å². The Bertz CT molecular complexity index is 194. The van der Waals surface area contributed by atoms with Crippen molar-refractivity contribution in [3.63, 3.8) is 0 Å². The predicted molar refractivity (Wildman–Crippen MR) is 50.4 cm³/mol. The summed E-state index contributed by atoms with van der Waals surface area (Å²) >= 11 is 0. The summed E-state index contributed by atoms with van der Waals surface area (Å²) in [6, 6.07) is 0. The zero-order chi connectivity index (χ0) is 11.5. The second-order valence-electron chi connectivity index (χ2n) is 4.30. The summed E-state index contributed by atoms with van der Waals surface area (Å²) in [5.74, 6) is 0.240. The molecule has 0 aromatic rings. The fourth-order valence-corrected chi connectivity index (χ4v) is 2.06. The average Bonchev–Trinajstić information content (AvgIpc) is 2.15. The standard InChI is InChI=1S/C10H17F4N/c1-15-7-4-8-2-5-9(11,6-3-8)10(12,13)14/h8,15H,2-7H2,1H3. The molecule has 1 aliphatic carbocycles. The van der Waals surface area contributed by atoms with Crippen LogP contribution in [0.4, 0.5) is 17.6 Å². The molecule has 1 aliphatic rings. The van der Waals surface area contributed by atoms with Crippen molar-refractivity contribution in [2.75, 3.05) is 13.6 Å². The molecule has 0 atom stereocenters. The van der Waals surface area contributed by atoms with Crippen LogP contribution in [0.1, 0.15) is 32.1 Å². The fourth-order valence-electron chi connectivity index (χ4n) is 2.06. The van der Waals surface area contributed by atoms with Crippen molar-refractivity contribution < 1.29 is 17.6 Å². The molecule has 1 fully saturated rings. The highest BCUT2D eigenvalue weighted by atomic mass is 19.4. The summed E-state index contributed by atoms with van der Waals surface area (Å²) in [6.45, 7) is 0.788. The van der Waals surface area contributed by atoms with Crippen LogP contribution in [0, 0.1) is 5.92 Å². The van der Waals surface area contributed by atoms with Gasteiger partial charge in [-0.15, -0.1) is 0 Å². The van der Waals surface area contributed by atoms with Gasteiger partial charge in [0.15, 0.2) is 0 Å². The maximum Gasteiger partial charge on any atom is 0.422 e. The minimum absolute atomic E-state index is 0.240. The van der Waals surface area contributed by atoms with Gasteiger partial charge < -0.3 is 5.32 Å². The lowest BCUT2D eigenvalue weighted by Crippen LogP contribution is -2.44. The molecule has 0 heterocycles. The molecule has 1 N–H and O–H groups in total. The molecule has 0 amide bonds. The van der Waals surface area contributed by atoms with Crippen LogP contribution in [0.25, 0.3) is 0 Å². The van der Waals surface area contributed by atoms with E-state index in [4.69, 9.17) is 0 Å². The molecule has 15 heavy (non-hydrogen) atoms. The Morgan fingerprint density at radius 1 is 1.27 bits per heavy atom. The minimum atomic E-state index is -4.69. The summed E-state index contributed by atoms with van der Waals surface area (Å²) < 4.78 is 50.4. The second-order valence-corrected chi connectivity index (χ2v) is 4.30. The Morgan fingerprint density at radius 2 is 1.80 bits per heavy atom. The number of alkyl halides is 4. The molecule has 5 heteroatoms. The van der Waals surface area contributed by atoms with Gasteiger partial charge in [0.2, 0.25) is 5.67 Å². The predicted octanol–water partition coefficient (Wildman–Crippen LogP) is 3.06. The van der Waals surface area contributed by atoms with Crippen molar-refractivity contribution >= 4 is 0 Å². The molecule has 1 saturated carbocycles. The van der Waals surface area contributed by atoms with Crippen LogP contribution in [0.2, 0.25) is 0 Å². The van der Waals surface area contributed by atoms with E-state index in [9.17, 15) is 17.6 Å². The highest BCUT2D eigenvalue weighted by Crippen LogP contribution is 2.46. The Kier molecular flexibility index (Phi) is 3.98. The second kappa shape index (κ2) is 4.68. The van der Waals surface area contributed by atoms with Gasteiger partial charge in [0.1, 0.15) is 0 Å². The molecular weight excluding hydrogens is 210 g/mol. The molecule has 0 radical (unpaired) electrons. The first kappa shape index (κ1) is 12.7. The molecule has 90 valence electrons. The van der Waals surface area contributed by atoms with Crippen molar-refractivity contribution in [1.29, 1.82) is 0 Å².